The topological polar surface area (TPSA) is 63.9 Å². The molecule has 1 aliphatic rings. The molecule has 0 spiro atoms. The van der Waals surface area contributed by atoms with Crippen molar-refractivity contribution in [1.82, 2.24) is 0 Å². The normalized spacial score (nSPS) is 15.1. The molecule has 6 heteroatoms. The van der Waals surface area contributed by atoms with Gasteiger partial charge in [-0.3, -0.25) is 4.99 Å². The molecule has 0 fully saturated rings. The van der Waals surface area contributed by atoms with Crippen molar-refractivity contribution in [1.29, 1.82) is 0 Å². The Morgan fingerprint density at radius 3 is 2.52 bits per heavy atom. The summed E-state index contributed by atoms with van der Waals surface area (Å²) in [6.07, 6.45) is 21.1. The van der Waals surface area contributed by atoms with Crippen molar-refractivity contribution in [3.63, 3.8) is 0 Å². The number of nitrogens with two attached hydrogens (primary N) is 1. The van der Waals surface area contributed by atoms with Crippen LogP contribution in [-0.4, -0.2) is 27.4 Å². The summed E-state index contributed by atoms with van der Waals surface area (Å²) >= 11 is 0. The summed E-state index contributed by atoms with van der Waals surface area (Å²) in [7, 11) is 4.24. The van der Waals surface area contributed by atoms with E-state index in [0.717, 1.165) is 67.9 Å². The number of hydrogen-bond donors (Lipinski definition) is 1. The molecule has 0 unspecified atom stereocenters. The lowest BCUT2D eigenvalue weighted by Crippen LogP contribution is -2.17. The Labute approximate surface area is 285 Å². The van der Waals surface area contributed by atoms with Gasteiger partial charge in [-0.25, -0.2) is 4.99 Å². The first-order valence-electron chi connectivity index (χ1n) is 16.7. The van der Waals surface area contributed by atoms with E-state index in [1.165, 1.54) is 22.0 Å². The van der Waals surface area contributed by atoms with Crippen molar-refractivity contribution in [3.05, 3.63) is 149 Å². The van der Waals surface area contributed by atoms with Gasteiger partial charge in [-0.1, -0.05) is 114 Å². The molecular weight excluding hydrogens is 584 g/mol. The molecule has 0 bridgehead atoms. The van der Waals surface area contributed by atoms with E-state index >= 15 is 0 Å². The first-order valence-corrected chi connectivity index (χ1v) is 16.7. The largest absolute Gasteiger partial charge is 0.456 e. The third-order valence-electron chi connectivity index (χ3n) is 8.84. The van der Waals surface area contributed by atoms with Crippen LogP contribution in [0.3, 0.4) is 0 Å². The molecule has 0 radical (unpaired) electrons. The van der Waals surface area contributed by atoms with Crippen LogP contribution >= 0.6 is 0 Å². The molecule has 0 aliphatic heterocycles. The zero-order chi connectivity index (χ0) is 33.6. The predicted molar refractivity (Wildman–Crippen MR) is 214 cm³/mol. The molecule has 4 aromatic carbocycles. The minimum absolute atomic E-state index is 0.431. The minimum atomic E-state index is 0.431. The van der Waals surface area contributed by atoms with E-state index in [9.17, 15) is 0 Å². The molecule has 236 valence electrons. The monoisotopic (exact) mass is 625 g/mol. The minimum Gasteiger partial charge on any atom is -0.456 e. The van der Waals surface area contributed by atoms with E-state index in [2.05, 4.69) is 114 Å². The van der Waals surface area contributed by atoms with Crippen LogP contribution in [0.5, 0.6) is 0 Å². The van der Waals surface area contributed by atoms with Crippen molar-refractivity contribution in [2.45, 2.75) is 40.2 Å². The van der Waals surface area contributed by atoms with Gasteiger partial charge in [-0.2, -0.15) is 0 Å². The van der Waals surface area contributed by atoms with E-state index < -0.39 is 0 Å². The van der Waals surface area contributed by atoms with Gasteiger partial charge in [0.2, 0.25) is 0 Å². The van der Waals surface area contributed by atoms with Crippen LogP contribution in [0, 0.1) is 0 Å². The van der Waals surface area contributed by atoms with Crippen molar-refractivity contribution in [3.8, 4) is 0 Å². The molecule has 1 heterocycles. The quantitative estimate of drug-likeness (QED) is 0.0851. The first-order chi connectivity index (χ1) is 23.3. The molecule has 2 N–H and O–H groups in total. The average Bonchev–Trinajstić information content (AvgIpc) is 3.47. The summed E-state index contributed by atoms with van der Waals surface area (Å²) in [5, 5.41) is 4.52. The summed E-state index contributed by atoms with van der Waals surface area (Å²) in [6.45, 7) is 6.49. The van der Waals surface area contributed by atoms with Gasteiger partial charge in [0.25, 0.3) is 0 Å². The number of rotatable bonds is 8. The Balaban J connectivity index is 1.43. The van der Waals surface area contributed by atoms with E-state index in [1.807, 2.05) is 44.2 Å². The number of nitrogens with zero attached hydrogens (tertiary/aromatic N) is 2. The smallest absolute Gasteiger partial charge is 0.157 e. The number of fused-ring (bicyclic) bond motifs is 4. The van der Waals surface area contributed by atoms with Gasteiger partial charge in [-0.15, -0.1) is 0 Å². The molecule has 1 aromatic heterocycles. The van der Waals surface area contributed by atoms with Crippen LogP contribution in [0.25, 0.3) is 38.3 Å². The Kier molecular flexibility index (Phi) is 9.91. The number of hydrogen-bond acceptors (Lipinski definition) is 2. The number of aliphatic imine (C=N–C) groups is 2. The van der Waals surface area contributed by atoms with Crippen LogP contribution in [0.15, 0.2) is 147 Å². The van der Waals surface area contributed by atoms with E-state index in [0.29, 0.717) is 18.2 Å². The van der Waals surface area contributed by atoms with Crippen LogP contribution in [0.1, 0.15) is 50.3 Å². The standard InChI is InChI=1S/C42H41B2N3O/c1-4-5-7-10-27(2)13-14-28(3)41(45)47-42(33-18-17-31-23-30(15-16-32(31)24-33)29-11-8-6-9-12-29)46-26-36-37(44)20-22-39-40(36)35-25-34(43)19-21-38(35)48-39/h4-5,7-8,10-25H,6,9,26,43-44H2,1-3H3,(H2,45,46,47)/b5-4-,10-7-,27-13+,28-14+. The van der Waals surface area contributed by atoms with Crippen LogP contribution in [-0.2, 0) is 6.54 Å². The van der Waals surface area contributed by atoms with E-state index in [1.54, 1.807) is 0 Å². The van der Waals surface area contributed by atoms with Gasteiger partial charge >= 0.3 is 0 Å². The molecule has 0 amide bonds. The molecule has 1 aliphatic carbocycles. The van der Waals surface area contributed by atoms with Gasteiger partial charge in [0, 0.05) is 16.3 Å². The maximum absolute atomic E-state index is 6.66. The lowest BCUT2D eigenvalue weighted by molar-refractivity contribution is 0.669. The van der Waals surface area contributed by atoms with Crippen LogP contribution in [0.2, 0.25) is 0 Å². The van der Waals surface area contributed by atoms with Gasteiger partial charge < -0.3 is 10.2 Å². The maximum atomic E-state index is 6.66. The number of benzene rings is 4. The number of amidine groups is 2. The van der Waals surface area contributed by atoms with Crippen molar-refractivity contribution in [2.75, 3.05) is 0 Å². The van der Waals surface area contributed by atoms with Crippen molar-refractivity contribution in [2.24, 2.45) is 15.7 Å². The summed E-state index contributed by atoms with van der Waals surface area (Å²) < 4.78 is 6.24. The average molecular weight is 625 g/mol. The molecule has 0 saturated heterocycles. The molecule has 6 rings (SSSR count). The molecule has 48 heavy (non-hydrogen) atoms. The highest BCUT2D eigenvalue weighted by Crippen LogP contribution is 2.31. The molecule has 0 saturated carbocycles. The molecule has 0 atom stereocenters. The van der Waals surface area contributed by atoms with Gasteiger partial charge in [0.1, 0.15) is 32.7 Å². The Morgan fingerprint density at radius 2 is 1.71 bits per heavy atom. The van der Waals surface area contributed by atoms with Gasteiger partial charge in [0.15, 0.2) is 5.84 Å². The van der Waals surface area contributed by atoms with Crippen molar-refractivity contribution >= 4 is 76.6 Å². The third kappa shape index (κ3) is 7.29. The Morgan fingerprint density at radius 1 is 0.896 bits per heavy atom. The molecular formula is C42H41B2N3O. The summed E-state index contributed by atoms with van der Waals surface area (Å²) in [5.41, 5.74) is 17.3. The fourth-order valence-electron chi connectivity index (χ4n) is 6.02. The molecule has 5 aromatic rings. The Bertz CT molecular complexity index is 2280. The second-order valence-corrected chi connectivity index (χ2v) is 12.5. The zero-order valence-corrected chi connectivity index (χ0v) is 28.5. The maximum Gasteiger partial charge on any atom is 0.157 e. The van der Waals surface area contributed by atoms with E-state index in [-0.39, 0.29) is 0 Å². The van der Waals surface area contributed by atoms with Crippen LogP contribution in [0.4, 0.5) is 0 Å². The van der Waals surface area contributed by atoms with E-state index in [4.69, 9.17) is 20.1 Å². The second kappa shape index (κ2) is 14.6. The SMILES string of the molecule is Bc1ccc2oc3ccc(B)c(C\N=C(/N=C(N)/C(C)=C/C=C(C)/C=C\C=C/C)c4ccc5cc(C6=CCCC=C6)ccc5c4)c3c2c1. The second-order valence-electron chi connectivity index (χ2n) is 12.5. The lowest BCUT2D eigenvalue weighted by atomic mass is 9.87. The third-order valence-corrected chi connectivity index (χ3v) is 8.84. The Hall–Kier alpha value is -5.35. The summed E-state index contributed by atoms with van der Waals surface area (Å²) in [5.74, 6) is 1.03. The summed E-state index contributed by atoms with van der Waals surface area (Å²) in [6, 6.07) is 23.6. The number of allylic oxidation sites excluding steroid dienone is 11. The summed E-state index contributed by atoms with van der Waals surface area (Å²) in [4.78, 5) is 10.1. The van der Waals surface area contributed by atoms with Crippen LogP contribution < -0.4 is 16.7 Å². The zero-order valence-electron chi connectivity index (χ0n) is 28.5. The van der Waals surface area contributed by atoms with Gasteiger partial charge in [-0.05, 0) is 90.9 Å². The molecule has 4 nitrogen and oxygen atoms in total. The first kappa shape index (κ1) is 32.6. The highest BCUT2D eigenvalue weighted by molar-refractivity contribution is 6.36. The fourth-order valence-corrected chi connectivity index (χ4v) is 6.02. The fraction of sp³-hybridized carbons (Fsp3) is 0.143. The predicted octanol–water partition coefficient (Wildman–Crippen LogP) is 7.32. The number of furan rings is 1. The lowest BCUT2D eigenvalue weighted by Gasteiger charge is -2.11. The van der Waals surface area contributed by atoms with Crippen molar-refractivity contribution < 1.29 is 4.42 Å². The van der Waals surface area contributed by atoms with Gasteiger partial charge in [0.05, 0.1) is 6.54 Å². The highest BCUT2D eigenvalue weighted by Gasteiger charge is 2.15. The highest BCUT2D eigenvalue weighted by atomic mass is 16.3.